The maximum Gasteiger partial charge on any atom is 0.221 e. The Labute approximate surface area is 179 Å². The Morgan fingerprint density at radius 3 is 1.90 bits per heavy atom. The van der Waals surface area contributed by atoms with Crippen molar-refractivity contribution >= 4 is 17.3 Å². The third-order valence-electron chi connectivity index (χ3n) is 5.05. The van der Waals surface area contributed by atoms with Crippen molar-refractivity contribution in [3.8, 4) is 0 Å². The molecule has 1 aromatic carbocycles. The highest BCUT2D eigenvalue weighted by atomic mass is 16.1. The van der Waals surface area contributed by atoms with Gasteiger partial charge in [-0.25, -0.2) is 0 Å². The van der Waals surface area contributed by atoms with Crippen molar-refractivity contribution in [1.29, 1.82) is 0 Å². The molecular formula is C25H43N3O. The molecule has 4 nitrogen and oxygen atoms in total. The first kappa shape index (κ1) is 27.0. The molecule has 2 rings (SSSR count). The van der Waals surface area contributed by atoms with Gasteiger partial charge in [0.15, 0.2) is 0 Å². The van der Waals surface area contributed by atoms with Gasteiger partial charge in [0.25, 0.3) is 0 Å². The van der Waals surface area contributed by atoms with Gasteiger partial charge < -0.3 is 5.73 Å². The predicted octanol–water partition coefficient (Wildman–Crippen LogP) is 6.56. The Hall–Kier alpha value is -1.97. The molecule has 2 N–H and O–H groups in total. The van der Waals surface area contributed by atoms with Gasteiger partial charge in [0.2, 0.25) is 5.91 Å². The van der Waals surface area contributed by atoms with Crippen molar-refractivity contribution in [3.63, 3.8) is 0 Å². The molecule has 1 aromatic rings. The second-order valence-electron chi connectivity index (χ2n) is 7.06. The lowest BCUT2D eigenvalue weighted by atomic mass is 9.76. The van der Waals surface area contributed by atoms with Crippen LogP contribution in [0.1, 0.15) is 98.1 Å². The summed E-state index contributed by atoms with van der Waals surface area (Å²) in [4.78, 5) is 11.1. The summed E-state index contributed by atoms with van der Waals surface area (Å²) in [6.07, 6.45) is 7.45. The van der Waals surface area contributed by atoms with E-state index >= 15 is 0 Å². The van der Waals surface area contributed by atoms with Crippen molar-refractivity contribution < 1.29 is 4.79 Å². The van der Waals surface area contributed by atoms with E-state index in [2.05, 4.69) is 43.1 Å². The quantitative estimate of drug-likeness (QED) is 0.500. The number of unbranched alkanes of at least 4 members (excludes halogenated alkanes) is 2. The van der Waals surface area contributed by atoms with Crippen molar-refractivity contribution in [3.05, 3.63) is 35.4 Å². The summed E-state index contributed by atoms with van der Waals surface area (Å²) in [6, 6.07) is 8.07. The van der Waals surface area contributed by atoms with E-state index in [0.29, 0.717) is 11.8 Å². The van der Waals surface area contributed by atoms with Gasteiger partial charge in [-0.2, -0.15) is 10.2 Å². The molecule has 0 bridgehead atoms. The fourth-order valence-corrected chi connectivity index (χ4v) is 3.63. The molecule has 0 aromatic heterocycles. The number of carbonyl (C=O) groups is 1. The average molecular weight is 402 g/mol. The van der Waals surface area contributed by atoms with Crippen LogP contribution in [0.5, 0.6) is 0 Å². The second kappa shape index (κ2) is 15.9. The molecule has 0 saturated heterocycles. The third-order valence-corrected chi connectivity index (χ3v) is 5.05. The van der Waals surface area contributed by atoms with Crippen LogP contribution in [0, 0.1) is 11.8 Å². The number of hydrogen-bond acceptors (Lipinski definition) is 3. The first-order chi connectivity index (χ1) is 14.1. The van der Waals surface area contributed by atoms with Crippen molar-refractivity contribution in [1.82, 2.24) is 0 Å². The average Bonchev–Trinajstić information content (AvgIpc) is 2.75. The van der Waals surface area contributed by atoms with E-state index < -0.39 is 0 Å². The Balaban J connectivity index is 0.00000184. The van der Waals surface area contributed by atoms with E-state index in [1.165, 1.54) is 37.8 Å². The number of nitrogens with zero attached hydrogens (tertiary/aromatic N) is 2. The summed E-state index contributed by atoms with van der Waals surface area (Å²) < 4.78 is 0. The fourth-order valence-electron chi connectivity index (χ4n) is 3.63. The molecule has 164 valence electrons. The van der Waals surface area contributed by atoms with Gasteiger partial charge in [-0.3, -0.25) is 4.79 Å². The molecule has 0 fully saturated rings. The van der Waals surface area contributed by atoms with Crippen LogP contribution in [-0.4, -0.2) is 17.3 Å². The summed E-state index contributed by atoms with van der Waals surface area (Å²) in [5, 5.41) is 9.06. The van der Waals surface area contributed by atoms with E-state index in [1.807, 2.05) is 39.8 Å². The molecule has 29 heavy (non-hydrogen) atoms. The zero-order valence-electron chi connectivity index (χ0n) is 19.8. The third kappa shape index (κ3) is 8.93. The van der Waals surface area contributed by atoms with Gasteiger partial charge in [0.05, 0.1) is 12.1 Å². The number of primary amides is 1. The first-order valence-corrected chi connectivity index (χ1v) is 11.6. The van der Waals surface area contributed by atoms with E-state index in [1.54, 1.807) is 0 Å². The van der Waals surface area contributed by atoms with Crippen molar-refractivity contribution in [2.45, 2.75) is 93.4 Å². The molecular weight excluding hydrogens is 358 g/mol. The Kier molecular flexibility index (Phi) is 14.8. The number of nitrogens with two attached hydrogens (primary N) is 1. The topological polar surface area (TPSA) is 67.8 Å². The maximum absolute atomic E-state index is 11.1. The standard InChI is InChI=1S/C21H31N3O.2C2H6/c1-4-6-8-18-15(3)23-24-21(19(18)9-7-5-2)17-12-10-16(11-13-17)14-20(22)25;2*1-2/h10-13,18-19H,4-9,14H2,1-3H3,(H2,22,25);2*1-2H3. The largest absolute Gasteiger partial charge is 0.369 e. The maximum atomic E-state index is 11.1. The van der Waals surface area contributed by atoms with E-state index in [-0.39, 0.29) is 12.3 Å². The van der Waals surface area contributed by atoms with Crippen LogP contribution < -0.4 is 5.73 Å². The Morgan fingerprint density at radius 2 is 1.41 bits per heavy atom. The van der Waals surface area contributed by atoms with E-state index in [4.69, 9.17) is 5.73 Å². The molecule has 2 unspecified atom stereocenters. The highest BCUT2D eigenvalue weighted by molar-refractivity contribution is 6.06. The number of amides is 1. The normalized spacial score (nSPS) is 17.8. The molecule has 1 aliphatic rings. The van der Waals surface area contributed by atoms with Crippen LogP contribution in [0.2, 0.25) is 0 Å². The predicted molar refractivity (Wildman–Crippen MR) is 128 cm³/mol. The molecule has 0 saturated carbocycles. The van der Waals surface area contributed by atoms with Gasteiger partial charge >= 0.3 is 0 Å². The number of carbonyl (C=O) groups excluding carboxylic acids is 1. The zero-order chi connectivity index (χ0) is 22.2. The Bertz CT molecular complexity index is 632. The SMILES string of the molecule is CC.CC.CCCCC1C(C)=NN=C(c2ccc(CC(N)=O)cc2)C1CCCC. The van der Waals surface area contributed by atoms with Crippen LogP contribution in [-0.2, 0) is 11.2 Å². The molecule has 1 heterocycles. The lowest BCUT2D eigenvalue weighted by Crippen LogP contribution is -2.32. The molecule has 2 atom stereocenters. The smallest absolute Gasteiger partial charge is 0.221 e. The fraction of sp³-hybridized carbons (Fsp3) is 0.640. The van der Waals surface area contributed by atoms with Crippen LogP contribution in [0.4, 0.5) is 0 Å². The minimum absolute atomic E-state index is 0.280. The summed E-state index contributed by atoms with van der Waals surface area (Å²) >= 11 is 0. The monoisotopic (exact) mass is 401 g/mol. The van der Waals surface area contributed by atoms with Crippen LogP contribution >= 0.6 is 0 Å². The van der Waals surface area contributed by atoms with Gasteiger partial charge in [-0.05, 0) is 30.9 Å². The molecule has 0 radical (unpaired) electrons. The molecule has 1 aliphatic heterocycles. The van der Waals surface area contributed by atoms with E-state index in [0.717, 1.165) is 23.3 Å². The summed E-state index contributed by atoms with van der Waals surface area (Å²) in [6.45, 7) is 14.6. The minimum atomic E-state index is -0.302. The summed E-state index contributed by atoms with van der Waals surface area (Å²) in [7, 11) is 0. The first-order valence-electron chi connectivity index (χ1n) is 11.6. The molecule has 0 spiro atoms. The van der Waals surface area contributed by atoms with Crippen molar-refractivity contribution in [2.75, 3.05) is 0 Å². The highest BCUT2D eigenvalue weighted by Gasteiger charge is 2.31. The van der Waals surface area contributed by atoms with Gasteiger partial charge in [0, 0.05) is 17.5 Å². The molecule has 1 amide bonds. The highest BCUT2D eigenvalue weighted by Crippen LogP contribution is 2.32. The van der Waals surface area contributed by atoms with Crippen LogP contribution in [0.15, 0.2) is 34.5 Å². The zero-order valence-corrected chi connectivity index (χ0v) is 19.8. The van der Waals surface area contributed by atoms with Gasteiger partial charge in [-0.1, -0.05) is 91.5 Å². The van der Waals surface area contributed by atoms with Gasteiger partial charge in [-0.15, -0.1) is 0 Å². The van der Waals surface area contributed by atoms with Crippen molar-refractivity contribution in [2.24, 2.45) is 27.8 Å². The Morgan fingerprint density at radius 1 is 0.897 bits per heavy atom. The van der Waals surface area contributed by atoms with Crippen LogP contribution in [0.3, 0.4) is 0 Å². The second-order valence-corrected chi connectivity index (χ2v) is 7.06. The molecule has 0 aliphatic carbocycles. The van der Waals surface area contributed by atoms with Crippen LogP contribution in [0.25, 0.3) is 0 Å². The molecule has 4 heteroatoms. The van der Waals surface area contributed by atoms with E-state index in [9.17, 15) is 4.79 Å². The lowest BCUT2D eigenvalue weighted by molar-refractivity contribution is -0.117. The summed E-state index contributed by atoms with van der Waals surface area (Å²) in [5.41, 5.74) is 9.62. The number of rotatable bonds is 9. The van der Waals surface area contributed by atoms with Gasteiger partial charge in [0.1, 0.15) is 0 Å². The lowest BCUT2D eigenvalue weighted by Gasteiger charge is -2.31. The summed E-state index contributed by atoms with van der Waals surface area (Å²) in [5.74, 6) is 0.624. The number of benzene rings is 1. The minimum Gasteiger partial charge on any atom is -0.369 e. The number of hydrogen-bond donors (Lipinski definition) is 1.